The Morgan fingerprint density at radius 3 is 2.48 bits per heavy atom. The summed E-state index contributed by atoms with van der Waals surface area (Å²) in [6.07, 6.45) is 1.82. The number of carbonyl (C=O) groups excluding carboxylic acids is 1. The largest absolute Gasteiger partial charge is 0.506 e. The third kappa shape index (κ3) is 2.63. The third-order valence-electron chi connectivity index (χ3n) is 3.31. The molecule has 0 fully saturated rings. The van der Waals surface area contributed by atoms with Crippen molar-refractivity contribution in [2.45, 2.75) is 6.92 Å². The topological polar surface area (TPSA) is 49.3 Å². The molecule has 1 aliphatic rings. The fraction of sp³-hybridized carbons (Fsp3) is 0.0625. The molecule has 0 atom stereocenters. The molecule has 0 spiro atoms. The van der Waals surface area contributed by atoms with Crippen LogP contribution in [0.4, 0.5) is 5.69 Å². The van der Waals surface area contributed by atoms with Crippen LogP contribution in [0.3, 0.4) is 0 Å². The van der Waals surface area contributed by atoms with E-state index in [0.29, 0.717) is 14.5 Å². The lowest BCUT2D eigenvalue weighted by Gasteiger charge is -2.04. The molecule has 0 saturated carbocycles. The molecule has 0 aromatic heterocycles. The van der Waals surface area contributed by atoms with Crippen molar-refractivity contribution in [2.75, 3.05) is 5.32 Å². The van der Waals surface area contributed by atoms with E-state index in [0.717, 1.165) is 22.4 Å². The minimum Gasteiger partial charge on any atom is -0.506 e. The number of nitrogens with one attached hydrogen (secondary N) is 1. The summed E-state index contributed by atoms with van der Waals surface area (Å²) in [6.45, 7) is 1.99. The highest BCUT2D eigenvalue weighted by atomic mass is 79.9. The first kappa shape index (κ1) is 14.4. The number of hydrogen-bond donors (Lipinski definition) is 2. The average Bonchev–Trinajstić information content (AvgIpc) is 2.72. The fourth-order valence-electron chi connectivity index (χ4n) is 2.28. The number of aryl methyl sites for hydroxylation is 1. The van der Waals surface area contributed by atoms with Gasteiger partial charge in [0.2, 0.25) is 0 Å². The Kier molecular flexibility index (Phi) is 3.63. The van der Waals surface area contributed by atoms with Gasteiger partial charge in [-0.05, 0) is 74.7 Å². The second-order valence-electron chi connectivity index (χ2n) is 4.89. The van der Waals surface area contributed by atoms with Crippen LogP contribution in [0.25, 0.3) is 11.6 Å². The standard InChI is InChI=1S/C16H11Br2NO2/c1-8-2-3-14-10(4-8)11(16(21)19-14)5-9-6-12(17)15(20)13(18)7-9/h2-7,20H,1H3,(H,19,21)/b11-5-. The highest BCUT2D eigenvalue weighted by Gasteiger charge is 2.24. The summed E-state index contributed by atoms with van der Waals surface area (Å²) in [6, 6.07) is 9.41. The molecule has 106 valence electrons. The minimum absolute atomic E-state index is 0.115. The van der Waals surface area contributed by atoms with Crippen molar-refractivity contribution in [2.24, 2.45) is 0 Å². The van der Waals surface area contributed by atoms with Crippen molar-refractivity contribution >= 4 is 55.1 Å². The van der Waals surface area contributed by atoms with E-state index in [4.69, 9.17) is 0 Å². The zero-order valence-electron chi connectivity index (χ0n) is 11.1. The molecule has 1 aliphatic heterocycles. The van der Waals surface area contributed by atoms with Crippen molar-refractivity contribution in [3.8, 4) is 5.75 Å². The van der Waals surface area contributed by atoms with Crippen LogP contribution in [-0.4, -0.2) is 11.0 Å². The summed E-state index contributed by atoms with van der Waals surface area (Å²) in [5.74, 6) is 0.0280. The molecular weight excluding hydrogens is 398 g/mol. The monoisotopic (exact) mass is 407 g/mol. The number of aromatic hydroxyl groups is 1. The van der Waals surface area contributed by atoms with E-state index in [2.05, 4.69) is 37.2 Å². The third-order valence-corrected chi connectivity index (χ3v) is 4.52. The van der Waals surface area contributed by atoms with Crippen LogP contribution in [0.2, 0.25) is 0 Å². The number of fused-ring (bicyclic) bond motifs is 1. The Labute approximate surface area is 138 Å². The van der Waals surface area contributed by atoms with E-state index in [-0.39, 0.29) is 11.7 Å². The van der Waals surface area contributed by atoms with Crippen molar-refractivity contribution < 1.29 is 9.90 Å². The van der Waals surface area contributed by atoms with Gasteiger partial charge in [-0.3, -0.25) is 4.79 Å². The Morgan fingerprint density at radius 2 is 1.81 bits per heavy atom. The second-order valence-corrected chi connectivity index (χ2v) is 6.60. The number of hydrogen-bond acceptors (Lipinski definition) is 2. The van der Waals surface area contributed by atoms with Crippen LogP contribution in [0.1, 0.15) is 16.7 Å². The van der Waals surface area contributed by atoms with E-state index >= 15 is 0 Å². The SMILES string of the molecule is Cc1ccc2c(c1)/C(=C/c1cc(Br)c(O)c(Br)c1)C(=O)N2. The first-order valence-corrected chi connectivity index (χ1v) is 7.86. The molecular formula is C16H11Br2NO2. The summed E-state index contributed by atoms with van der Waals surface area (Å²) >= 11 is 6.59. The maximum absolute atomic E-state index is 12.1. The van der Waals surface area contributed by atoms with Gasteiger partial charge in [0.1, 0.15) is 5.75 Å². The summed E-state index contributed by atoms with van der Waals surface area (Å²) in [4.78, 5) is 12.1. The predicted octanol–water partition coefficient (Wildman–Crippen LogP) is 4.72. The fourth-order valence-corrected chi connectivity index (χ4v) is 3.50. The number of carbonyl (C=O) groups is 1. The Morgan fingerprint density at radius 1 is 1.14 bits per heavy atom. The molecule has 0 bridgehead atoms. The number of phenolic OH excluding ortho intramolecular Hbond substituents is 1. The Balaban J connectivity index is 2.13. The molecule has 3 rings (SSSR count). The van der Waals surface area contributed by atoms with Crippen molar-refractivity contribution in [3.05, 3.63) is 56.0 Å². The van der Waals surface area contributed by atoms with Gasteiger partial charge in [-0.2, -0.15) is 0 Å². The Bertz CT molecular complexity index is 774. The highest BCUT2D eigenvalue weighted by molar-refractivity contribution is 9.11. The summed E-state index contributed by atoms with van der Waals surface area (Å²) in [7, 11) is 0. The average molecular weight is 409 g/mol. The maximum atomic E-state index is 12.1. The molecule has 1 heterocycles. The molecule has 0 saturated heterocycles. The molecule has 2 aromatic carbocycles. The molecule has 2 aromatic rings. The lowest BCUT2D eigenvalue weighted by molar-refractivity contribution is -0.110. The summed E-state index contributed by atoms with van der Waals surface area (Å²) in [5.41, 5.74) is 4.28. The lowest BCUT2D eigenvalue weighted by Crippen LogP contribution is -2.03. The second kappa shape index (κ2) is 5.31. The van der Waals surface area contributed by atoms with Crippen molar-refractivity contribution in [1.82, 2.24) is 0 Å². The maximum Gasteiger partial charge on any atom is 0.256 e. The number of rotatable bonds is 1. The quantitative estimate of drug-likeness (QED) is 0.670. The minimum atomic E-state index is -0.115. The van der Waals surface area contributed by atoms with Gasteiger partial charge in [0.25, 0.3) is 5.91 Å². The molecule has 0 aliphatic carbocycles. The van der Waals surface area contributed by atoms with Gasteiger partial charge in [-0.1, -0.05) is 11.6 Å². The molecule has 3 nitrogen and oxygen atoms in total. The number of phenols is 1. The van der Waals surface area contributed by atoms with Gasteiger partial charge in [0.15, 0.2) is 0 Å². The zero-order valence-corrected chi connectivity index (χ0v) is 14.2. The van der Waals surface area contributed by atoms with E-state index in [1.54, 1.807) is 12.1 Å². The van der Waals surface area contributed by atoms with Gasteiger partial charge >= 0.3 is 0 Å². The molecule has 1 amide bonds. The van der Waals surface area contributed by atoms with Crippen LogP contribution in [-0.2, 0) is 4.79 Å². The van der Waals surface area contributed by atoms with Gasteiger partial charge < -0.3 is 10.4 Å². The molecule has 0 radical (unpaired) electrons. The van der Waals surface area contributed by atoms with Crippen LogP contribution in [0.15, 0.2) is 39.3 Å². The smallest absolute Gasteiger partial charge is 0.256 e. The Hall–Kier alpha value is -1.59. The van der Waals surface area contributed by atoms with Crippen LogP contribution >= 0.6 is 31.9 Å². The molecule has 5 heteroatoms. The predicted molar refractivity (Wildman–Crippen MR) is 91.2 cm³/mol. The van der Waals surface area contributed by atoms with Crippen LogP contribution < -0.4 is 5.32 Å². The van der Waals surface area contributed by atoms with E-state index in [1.165, 1.54) is 0 Å². The molecule has 2 N–H and O–H groups in total. The summed E-state index contributed by atoms with van der Waals surface area (Å²) in [5, 5.41) is 12.6. The van der Waals surface area contributed by atoms with Crippen molar-refractivity contribution in [1.29, 1.82) is 0 Å². The first-order valence-electron chi connectivity index (χ1n) is 6.28. The summed E-state index contributed by atoms with van der Waals surface area (Å²) < 4.78 is 1.15. The highest BCUT2D eigenvalue weighted by Crippen LogP contribution is 2.37. The number of halogens is 2. The van der Waals surface area contributed by atoms with Gasteiger partial charge in [-0.25, -0.2) is 0 Å². The lowest BCUT2D eigenvalue weighted by atomic mass is 10.0. The number of anilines is 1. The van der Waals surface area contributed by atoms with E-state index in [9.17, 15) is 9.90 Å². The van der Waals surface area contributed by atoms with Gasteiger partial charge in [-0.15, -0.1) is 0 Å². The number of benzene rings is 2. The van der Waals surface area contributed by atoms with Crippen LogP contribution in [0.5, 0.6) is 5.75 Å². The van der Waals surface area contributed by atoms with Gasteiger partial charge in [0, 0.05) is 16.8 Å². The molecule has 0 unspecified atom stereocenters. The first-order chi connectivity index (χ1) is 9.95. The van der Waals surface area contributed by atoms with E-state index in [1.807, 2.05) is 31.2 Å². The van der Waals surface area contributed by atoms with Crippen LogP contribution in [0, 0.1) is 6.92 Å². The number of amides is 1. The van der Waals surface area contributed by atoms with Crippen molar-refractivity contribution in [3.63, 3.8) is 0 Å². The van der Waals surface area contributed by atoms with Gasteiger partial charge in [0.05, 0.1) is 8.95 Å². The molecule has 21 heavy (non-hydrogen) atoms. The van der Waals surface area contributed by atoms with E-state index < -0.39 is 0 Å². The normalized spacial score (nSPS) is 15.2. The zero-order chi connectivity index (χ0) is 15.1.